The SMILES string of the molecule is CC(C)(C)c1ccc(N(c2ccc(C(C)(C)C)cc2)c2ccc3c4c(c5ccccc5c3c2)-c2c(cc(N(c3ccc(C(C)(C)C)cc3)c3ccc(C(C)(C)C)cc3)c3ccccc23)C4([Si](C)(C)C)[Si](C)(C)C)cc1. The summed E-state index contributed by atoms with van der Waals surface area (Å²) in [4.78, 5) is 5.05. The summed E-state index contributed by atoms with van der Waals surface area (Å²) in [5.41, 5.74) is 18.5. The third-order valence-electron chi connectivity index (χ3n) is 16.8. The predicted molar refractivity (Wildman–Crippen MR) is 336 cm³/mol. The van der Waals surface area contributed by atoms with Crippen LogP contribution in [0.1, 0.15) is 116 Å². The van der Waals surface area contributed by atoms with Crippen LogP contribution in [0.4, 0.5) is 34.1 Å². The monoisotopic (exact) mass is 1020 g/mol. The molecule has 0 unspecified atom stereocenters. The Kier molecular flexibility index (Phi) is 12.5. The van der Waals surface area contributed by atoms with Crippen LogP contribution in [-0.4, -0.2) is 16.1 Å². The molecule has 0 aromatic heterocycles. The molecule has 0 fully saturated rings. The fourth-order valence-corrected chi connectivity index (χ4v) is 26.2. The van der Waals surface area contributed by atoms with E-state index in [2.05, 4.69) is 302 Å². The van der Waals surface area contributed by atoms with Crippen molar-refractivity contribution in [1.82, 2.24) is 0 Å². The molecule has 0 aliphatic heterocycles. The molecule has 0 heterocycles. The van der Waals surface area contributed by atoms with Crippen LogP contribution in [0.2, 0.25) is 39.3 Å². The van der Waals surface area contributed by atoms with Gasteiger partial charge in [-0.2, -0.15) is 0 Å². The lowest BCUT2D eigenvalue weighted by atomic mass is 9.86. The molecule has 0 radical (unpaired) electrons. The molecule has 0 saturated heterocycles. The Bertz CT molecular complexity index is 3490. The maximum Gasteiger partial charge on any atom is 0.0579 e. The second-order valence-corrected chi connectivity index (χ2v) is 39.0. The second-order valence-electron chi connectivity index (χ2n) is 28.0. The highest BCUT2D eigenvalue weighted by Gasteiger charge is 2.60. The zero-order valence-corrected chi connectivity index (χ0v) is 50.6. The first-order valence-electron chi connectivity index (χ1n) is 27.6. The van der Waals surface area contributed by atoms with Crippen molar-refractivity contribution in [3.8, 4) is 11.1 Å². The molecule has 1 aliphatic carbocycles. The third-order valence-corrected chi connectivity index (χ3v) is 26.8. The van der Waals surface area contributed by atoms with Gasteiger partial charge in [0.25, 0.3) is 0 Å². The van der Waals surface area contributed by atoms with Crippen LogP contribution in [-0.2, 0) is 26.3 Å². The molecule has 9 aromatic rings. The summed E-state index contributed by atoms with van der Waals surface area (Å²) >= 11 is 0. The Morgan fingerprint density at radius 1 is 0.307 bits per heavy atom. The summed E-state index contributed by atoms with van der Waals surface area (Å²) in [6, 6.07) is 66.3. The van der Waals surface area contributed by atoms with E-state index in [0.29, 0.717) is 0 Å². The van der Waals surface area contributed by atoms with E-state index < -0.39 is 16.1 Å². The van der Waals surface area contributed by atoms with Gasteiger partial charge in [-0.15, -0.1) is 0 Å². The molecule has 0 N–H and O–H groups in total. The van der Waals surface area contributed by atoms with E-state index in [9.17, 15) is 0 Å². The minimum atomic E-state index is -2.23. The fraction of sp³-hybridized carbons (Fsp3) is 0.324. The fourth-order valence-electron chi connectivity index (χ4n) is 13.2. The summed E-state index contributed by atoms with van der Waals surface area (Å²) in [5, 5.41) is 7.96. The topological polar surface area (TPSA) is 6.48 Å². The Morgan fingerprint density at radius 3 is 1.01 bits per heavy atom. The van der Waals surface area contributed by atoms with Gasteiger partial charge in [-0.25, -0.2) is 0 Å². The molecule has 0 bridgehead atoms. The minimum Gasteiger partial charge on any atom is -0.310 e. The standard InChI is InChI=1S/C71H82N2Si2/c1-67(2,3)47-27-35-51(36-28-47)72(52-37-29-48(30-38-52)68(4,5)6)55-43-44-60-61(45-55)56-23-19-21-25-58(56)65-64-59-26-22-20-24-57(59)63(46-62(64)71(66(60)65,74(13,14)15)75(16,17)18)73(53-39-31-49(32-40-53)69(7,8)9)54-41-33-50(34-42-54)70(10,11)12/h19-46H,1-18H3. The highest BCUT2D eigenvalue weighted by Crippen LogP contribution is 2.64. The highest BCUT2D eigenvalue weighted by atomic mass is 28.4. The molecule has 2 nitrogen and oxygen atoms in total. The quantitative estimate of drug-likeness (QED) is 0.111. The van der Waals surface area contributed by atoms with E-state index in [0.717, 1.165) is 11.4 Å². The molecule has 4 heteroatoms. The molecule has 75 heavy (non-hydrogen) atoms. The molecule has 384 valence electrons. The van der Waals surface area contributed by atoms with Crippen LogP contribution in [0, 0.1) is 0 Å². The van der Waals surface area contributed by atoms with E-state index in [1.807, 2.05) is 0 Å². The second kappa shape index (κ2) is 18.0. The van der Waals surface area contributed by atoms with Gasteiger partial charge in [0.1, 0.15) is 0 Å². The van der Waals surface area contributed by atoms with Crippen molar-refractivity contribution in [1.29, 1.82) is 0 Å². The summed E-state index contributed by atoms with van der Waals surface area (Å²) in [6.07, 6.45) is 0. The number of anilines is 6. The first-order valence-corrected chi connectivity index (χ1v) is 34.6. The normalized spacial score (nSPS) is 14.1. The van der Waals surface area contributed by atoms with Gasteiger partial charge in [-0.05, 0) is 160 Å². The predicted octanol–water partition coefficient (Wildman–Crippen LogP) is 21.3. The molecule has 0 spiro atoms. The van der Waals surface area contributed by atoms with Crippen molar-refractivity contribution in [2.45, 2.75) is 149 Å². The number of hydrogen-bond acceptors (Lipinski definition) is 2. The Labute approximate surface area is 452 Å². The van der Waals surface area contributed by atoms with Gasteiger partial charge >= 0.3 is 0 Å². The van der Waals surface area contributed by atoms with Crippen LogP contribution >= 0.6 is 0 Å². The van der Waals surface area contributed by atoms with Crippen molar-refractivity contribution < 1.29 is 0 Å². The lowest BCUT2D eigenvalue weighted by Crippen LogP contribution is -2.63. The van der Waals surface area contributed by atoms with Crippen LogP contribution in [0.5, 0.6) is 0 Å². The largest absolute Gasteiger partial charge is 0.310 e. The summed E-state index contributed by atoms with van der Waals surface area (Å²) < 4.78 is -0.170. The first-order chi connectivity index (χ1) is 35.0. The van der Waals surface area contributed by atoms with Gasteiger partial charge < -0.3 is 9.80 Å². The average Bonchev–Trinajstić information content (AvgIpc) is 3.86. The molecule has 0 saturated carbocycles. The van der Waals surface area contributed by atoms with E-state index in [1.165, 1.54) is 94.0 Å². The van der Waals surface area contributed by atoms with Gasteiger partial charge in [0, 0.05) is 38.5 Å². The van der Waals surface area contributed by atoms with E-state index in [-0.39, 0.29) is 26.3 Å². The minimum absolute atomic E-state index is 0.0397. The van der Waals surface area contributed by atoms with Crippen LogP contribution in [0.25, 0.3) is 43.4 Å². The number of hydrogen-bond donors (Lipinski definition) is 0. The van der Waals surface area contributed by atoms with Crippen molar-refractivity contribution in [3.05, 3.63) is 203 Å². The number of benzene rings is 9. The smallest absolute Gasteiger partial charge is 0.0579 e. The van der Waals surface area contributed by atoms with Crippen LogP contribution in [0.3, 0.4) is 0 Å². The van der Waals surface area contributed by atoms with Gasteiger partial charge in [0.15, 0.2) is 0 Å². The van der Waals surface area contributed by atoms with E-state index in [4.69, 9.17) is 0 Å². The molecule has 1 aliphatic rings. The van der Waals surface area contributed by atoms with Crippen LogP contribution < -0.4 is 9.80 Å². The van der Waals surface area contributed by atoms with Crippen molar-refractivity contribution in [2.24, 2.45) is 0 Å². The number of fused-ring (bicyclic) bond motifs is 10. The van der Waals surface area contributed by atoms with Gasteiger partial charge in [0.2, 0.25) is 0 Å². The van der Waals surface area contributed by atoms with Crippen molar-refractivity contribution >= 4 is 82.6 Å². The van der Waals surface area contributed by atoms with Crippen LogP contribution in [0.15, 0.2) is 170 Å². The maximum absolute atomic E-state index is 2.70. The average molecular weight is 1020 g/mol. The zero-order valence-electron chi connectivity index (χ0n) is 48.6. The Morgan fingerprint density at radius 2 is 0.640 bits per heavy atom. The van der Waals surface area contributed by atoms with Gasteiger partial charge in [0.05, 0.1) is 21.8 Å². The molecule has 0 amide bonds. The molecular formula is C71H82N2Si2. The first kappa shape index (κ1) is 52.2. The van der Waals surface area contributed by atoms with E-state index in [1.54, 1.807) is 5.56 Å². The van der Waals surface area contributed by atoms with E-state index >= 15 is 0 Å². The lowest BCUT2D eigenvalue weighted by Gasteiger charge is -2.52. The molecule has 0 atom stereocenters. The summed E-state index contributed by atoms with van der Waals surface area (Å²) in [5.74, 6) is 0. The molecule has 9 aromatic carbocycles. The maximum atomic E-state index is 2.70. The highest BCUT2D eigenvalue weighted by molar-refractivity contribution is 7.00. The van der Waals surface area contributed by atoms with Crippen molar-refractivity contribution in [2.75, 3.05) is 9.80 Å². The Balaban J connectivity index is 1.29. The summed E-state index contributed by atoms with van der Waals surface area (Å²) in [7, 11) is -4.45. The molecular weight excluding hydrogens is 937 g/mol. The van der Waals surface area contributed by atoms with Crippen molar-refractivity contribution in [3.63, 3.8) is 0 Å². The Hall–Kier alpha value is -6.21. The lowest BCUT2D eigenvalue weighted by molar-refractivity contribution is 0.590. The zero-order chi connectivity index (χ0) is 54.0. The summed E-state index contributed by atoms with van der Waals surface area (Å²) in [6.45, 7) is 43.7. The third kappa shape index (κ3) is 8.78. The van der Waals surface area contributed by atoms with Gasteiger partial charge in [-0.1, -0.05) is 225 Å². The van der Waals surface area contributed by atoms with Gasteiger partial charge in [-0.3, -0.25) is 0 Å². The number of rotatable bonds is 8. The number of nitrogens with zero attached hydrogens (tertiary/aromatic N) is 2. The molecule has 10 rings (SSSR count).